The zero-order valence-electron chi connectivity index (χ0n) is 5.46. The summed E-state index contributed by atoms with van der Waals surface area (Å²) in [5.41, 5.74) is 10.2. The van der Waals surface area contributed by atoms with Crippen LogP contribution in [0.2, 0.25) is 0 Å². The first-order chi connectivity index (χ1) is 4.18. The molecule has 54 valence electrons. The Kier molecular flexibility index (Phi) is 4.53. The van der Waals surface area contributed by atoms with Crippen LogP contribution >= 0.6 is 11.8 Å². The van der Waals surface area contributed by atoms with Crippen LogP contribution in [0.3, 0.4) is 0 Å². The lowest BCUT2D eigenvalue weighted by molar-refractivity contribution is -0.118. The molecule has 0 aromatic heterocycles. The van der Waals surface area contributed by atoms with Gasteiger partial charge >= 0.3 is 0 Å². The van der Waals surface area contributed by atoms with Gasteiger partial charge in [-0.3, -0.25) is 4.79 Å². The first-order valence-electron chi connectivity index (χ1n) is 2.81. The lowest BCUT2D eigenvalue weighted by atomic mass is 10.3. The van der Waals surface area contributed by atoms with E-state index < -0.39 is 11.9 Å². The second kappa shape index (κ2) is 4.64. The normalized spacial score (nSPS) is 13.1. The summed E-state index contributed by atoms with van der Waals surface area (Å²) in [4.78, 5) is 10.3. The molecule has 0 saturated carbocycles. The van der Waals surface area contributed by atoms with Crippen molar-refractivity contribution in [2.75, 3.05) is 11.5 Å². The predicted molar refractivity (Wildman–Crippen MR) is 40.2 cm³/mol. The van der Waals surface area contributed by atoms with Crippen LogP contribution in [0.5, 0.6) is 0 Å². The number of nitrogens with two attached hydrogens (primary N) is 2. The highest BCUT2D eigenvalue weighted by Crippen LogP contribution is 1.98. The van der Waals surface area contributed by atoms with Crippen molar-refractivity contribution in [3.8, 4) is 0 Å². The number of amides is 1. The third kappa shape index (κ3) is 4.29. The molecule has 4 N–H and O–H groups in total. The summed E-state index contributed by atoms with van der Waals surface area (Å²) in [6, 6.07) is -0.477. The Balaban J connectivity index is 3.27. The summed E-state index contributed by atoms with van der Waals surface area (Å²) in [6.45, 7) is 2.01. The Labute approximate surface area is 59.2 Å². The maximum absolute atomic E-state index is 10.3. The lowest BCUT2D eigenvalue weighted by Crippen LogP contribution is -2.38. The molecule has 3 nitrogen and oxygen atoms in total. The van der Waals surface area contributed by atoms with Gasteiger partial charge in [-0.2, -0.15) is 11.8 Å². The quantitative estimate of drug-likeness (QED) is 0.567. The highest BCUT2D eigenvalue weighted by Gasteiger charge is 2.06. The summed E-state index contributed by atoms with van der Waals surface area (Å²) < 4.78 is 0. The Morgan fingerprint density at radius 1 is 1.78 bits per heavy atom. The number of hydrogen-bond acceptors (Lipinski definition) is 3. The number of hydrogen-bond donors (Lipinski definition) is 2. The molecule has 0 aliphatic carbocycles. The average Bonchev–Trinajstić information content (AvgIpc) is 1.82. The van der Waals surface area contributed by atoms with Crippen LogP contribution in [0.4, 0.5) is 0 Å². The van der Waals surface area contributed by atoms with Gasteiger partial charge in [0.1, 0.15) is 0 Å². The van der Waals surface area contributed by atoms with Crippen molar-refractivity contribution >= 4 is 17.7 Å². The minimum absolute atomic E-state index is 0.420. The Hall–Kier alpha value is -0.220. The maximum Gasteiger partial charge on any atom is 0.235 e. The summed E-state index contributed by atoms with van der Waals surface area (Å²) in [5.74, 6) is 1.18. The van der Waals surface area contributed by atoms with Gasteiger partial charge in [-0.15, -0.1) is 0 Å². The molecule has 9 heavy (non-hydrogen) atoms. The monoisotopic (exact) mass is 148 g/mol. The van der Waals surface area contributed by atoms with E-state index in [1.54, 1.807) is 11.8 Å². The van der Waals surface area contributed by atoms with Gasteiger partial charge in [0.25, 0.3) is 0 Å². The topological polar surface area (TPSA) is 69.1 Å². The number of primary amides is 1. The van der Waals surface area contributed by atoms with Crippen molar-refractivity contribution in [2.45, 2.75) is 13.0 Å². The van der Waals surface area contributed by atoms with Crippen molar-refractivity contribution in [3.05, 3.63) is 0 Å². The number of carbonyl (C=O) groups excluding carboxylic acids is 1. The maximum atomic E-state index is 10.3. The molecule has 0 aliphatic rings. The largest absolute Gasteiger partial charge is 0.368 e. The van der Waals surface area contributed by atoms with Gasteiger partial charge in [0.15, 0.2) is 0 Å². The molecule has 4 heteroatoms. The predicted octanol–water partition coefficient (Wildman–Crippen LogP) is -0.448. The Morgan fingerprint density at radius 3 is 2.67 bits per heavy atom. The molecule has 0 aromatic rings. The van der Waals surface area contributed by atoms with Gasteiger partial charge < -0.3 is 11.5 Å². The molecule has 1 unspecified atom stereocenters. The van der Waals surface area contributed by atoms with Crippen molar-refractivity contribution in [1.29, 1.82) is 0 Å². The van der Waals surface area contributed by atoms with Gasteiger partial charge in [-0.05, 0) is 5.75 Å². The van der Waals surface area contributed by atoms with Gasteiger partial charge in [-0.25, -0.2) is 0 Å². The van der Waals surface area contributed by atoms with Crippen LogP contribution in [-0.4, -0.2) is 23.5 Å². The fourth-order valence-electron chi connectivity index (χ4n) is 0.327. The third-order valence-electron chi connectivity index (χ3n) is 0.867. The van der Waals surface area contributed by atoms with Crippen molar-refractivity contribution in [1.82, 2.24) is 0 Å². The zero-order valence-corrected chi connectivity index (χ0v) is 6.28. The van der Waals surface area contributed by atoms with Crippen molar-refractivity contribution in [2.24, 2.45) is 11.5 Å². The van der Waals surface area contributed by atoms with E-state index in [2.05, 4.69) is 0 Å². The smallest absolute Gasteiger partial charge is 0.235 e. The van der Waals surface area contributed by atoms with Gasteiger partial charge in [-0.1, -0.05) is 6.92 Å². The molecule has 0 aliphatic heterocycles. The first-order valence-corrected chi connectivity index (χ1v) is 3.96. The fourth-order valence-corrected chi connectivity index (χ4v) is 0.981. The molecule has 0 rings (SSSR count). The summed E-state index contributed by atoms with van der Waals surface area (Å²) in [6.07, 6.45) is 0. The van der Waals surface area contributed by atoms with E-state index >= 15 is 0 Å². The summed E-state index contributed by atoms with van der Waals surface area (Å²) in [5, 5.41) is 0. The molecule has 0 aromatic carbocycles. The molecule has 0 saturated heterocycles. The second-order valence-electron chi connectivity index (χ2n) is 1.67. The van der Waals surface area contributed by atoms with Crippen LogP contribution in [0.15, 0.2) is 0 Å². The molecule has 1 atom stereocenters. The van der Waals surface area contributed by atoms with Crippen LogP contribution < -0.4 is 11.5 Å². The van der Waals surface area contributed by atoms with Crippen LogP contribution in [0, 0.1) is 0 Å². The minimum Gasteiger partial charge on any atom is -0.368 e. The highest BCUT2D eigenvalue weighted by atomic mass is 32.2. The van der Waals surface area contributed by atoms with E-state index in [1.165, 1.54) is 0 Å². The van der Waals surface area contributed by atoms with E-state index in [1.807, 2.05) is 6.92 Å². The molecule has 0 spiro atoms. The first kappa shape index (κ1) is 8.78. The SMILES string of the molecule is CCSCC(N)C(N)=O. The molecule has 0 heterocycles. The van der Waals surface area contributed by atoms with Crippen LogP contribution in [0.25, 0.3) is 0 Å². The third-order valence-corrected chi connectivity index (χ3v) is 1.87. The molecule has 0 fully saturated rings. The van der Waals surface area contributed by atoms with Crippen molar-refractivity contribution < 1.29 is 4.79 Å². The number of thioether (sulfide) groups is 1. The fraction of sp³-hybridized carbons (Fsp3) is 0.800. The van der Waals surface area contributed by atoms with E-state index in [9.17, 15) is 4.79 Å². The molecular formula is C5H12N2OS. The highest BCUT2D eigenvalue weighted by molar-refractivity contribution is 7.99. The Morgan fingerprint density at radius 2 is 2.33 bits per heavy atom. The summed E-state index contributed by atoms with van der Waals surface area (Å²) >= 11 is 1.62. The molecule has 0 bridgehead atoms. The summed E-state index contributed by atoms with van der Waals surface area (Å²) in [7, 11) is 0. The lowest BCUT2D eigenvalue weighted by Gasteiger charge is -2.03. The average molecular weight is 148 g/mol. The Bertz CT molecular complexity index is 97.0. The number of rotatable bonds is 4. The van der Waals surface area contributed by atoms with Gasteiger partial charge in [0.05, 0.1) is 6.04 Å². The van der Waals surface area contributed by atoms with Crippen LogP contribution in [0.1, 0.15) is 6.92 Å². The minimum atomic E-state index is -0.477. The van der Waals surface area contributed by atoms with E-state index in [-0.39, 0.29) is 0 Å². The number of carbonyl (C=O) groups is 1. The molecule has 0 radical (unpaired) electrons. The van der Waals surface area contributed by atoms with Gasteiger partial charge in [0, 0.05) is 5.75 Å². The standard InChI is InChI=1S/C5H12N2OS/c1-2-9-3-4(6)5(7)8/h4H,2-3,6H2,1H3,(H2,7,8). The molecular weight excluding hydrogens is 136 g/mol. The second-order valence-corrected chi connectivity index (χ2v) is 2.99. The zero-order chi connectivity index (χ0) is 7.28. The van der Waals surface area contributed by atoms with E-state index in [0.29, 0.717) is 5.75 Å². The van der Waals surface area contributed by atoms with Crippen LogP contribution in [-0.2, 0) is 4.79 Å². The van der Waals surface area contributed by atoms with Gasteiger partial charge in [0.2, 0.25) is 5.91 Å². The van der Waals surface area contributed by atoms with E-state index in [0.717, 1.165) is 5.75 Å². The van der Waals surface area contributed by atoms with E-state index in [4.69, 9.17) is 11.5 Å². The van der Waals surface area contributed by atoms with Crippen molar-refractivity contribution in [3.63, 3.8) is 0 Å². The molecule has 1 amide bonds.